The zero-order chi connectivity index (χ0) is 12.0. The van der Waals surface area contributed by atoms with Gasteiger partial charge in [0, 0.05) is 0 Å². The van der Waals surface area contributed by atoms with Crippen LogP contribution in [0.25, 0.3) is 0 Å². The molecule has 0 aliphatic heterocycles. The lowest BCUT2D eigenvalue weighted by Gasteiger charge is -2.15. The van der Waals surface area contributed by atoms with Crippen LogP contribution in [0.1, 0.15) is 37.8 Å². The highest BCUT2D eigenvalue weighted by Crippen LogP contribution is 2.31. The molecule has 0 aliphatic carbocycles. The summed E-state index contributed by atoms with van der Waals surface area (Å²) in [5.74, 6) is 1.98. The Hall–Kier alpha value is -1.18. The van der Waals surface area contributed by atoms with Crippen molar-refractivity contribution in [2.75, 3.05) is 14.2 Å². The monoisotopic (exact) mass is 222 g/mol. The molecule has 2 nitrogen and oxygen atoms in total. The van der Waals surface area contributed by atoms with E-state index in [2.05, 4.69) is 26.0 Å². The largest absolute Gasteiger partial charge is 0.497 e. The molecular formula is C14H22O2. The van der Waals surface area contributed by atoms with Crippen molar-refractivity contribution in [1.82, 2.24) is 0 Å². The Morgan fingerprint density at radius 1 is 0.875 bits per heavy atom. The molecule has 0 N–H and O–H groups in total. The smallest absolute Gasteiger partial charge is 0.125 e. The topological polar surface area (TPSA) is 18.5 Å². The molecule has 1 rings (SSSR count). The summed E-state index contributed by atoms with van der Waals surface area (Å²) in [4.78, 5) is 0. The fraction of sp³-hybridized carbons (Fsp3) is 0.571. The molecule has 0 saturated heterocycles. The highest BCUT2D eigenvalue weighted by molar-refractivity contribution is 5.47. The third-order valence-electron chi connectivity index (χ3n) is 2.69. The van der Waals surface area contributed by atoms with Gasteiger partial charge in [0.25, 0.3) is 0 Å². The molecule has 0 heterocycles. The Kier molecular flexibility index (Phi) is 5.17. The second-order valence-electron chi connectivity index (χ2n) is 3.98. The summed E-state index contributed by atoms with van der Waals surface area (Å²) < 4.78 is 10.9. The number of methoxy groups -OCH3 is 2. The molecule has 1 aromatic rings. The fourth-order valence-electron chi connectivity index (χ4n) is 2.01. The number of aryl methyl sites for hydroxylation is 2. The van der Waals surface area contributed by atoms with Crippen molar-refractivity contribution < 1.29 is 9.47 Å². The first-order valence-corrected chi connectivity index (χ1v) is 6.00. The van der Waals surface area contributed by atoms with Crippen LogP contribution >= 0.6 is 0 Å². The summed E-state index contributed by atoms with van der Waals surface area (Å²) in [5.41, 5.74) is 2.51. The van der Waals surface area contributed by atoms with E-state index in [4.69, 9.17) is 9.47 Å². The maximum atomic E-state index is 5.53. The number of ether oxygens (including phenoxy) is 2. The van der Waals surface area contributed by atoms with E-state index < -0.39 is 0 Å². The second-order valence-corrected chi connectivity index (χ2v) is 3.98. The lowest BCUT2D eigenvalue weighted by atomic mass is 10.0. The van der Waals surface area contributed by atoms with Gasteiger partial charge < -0.3 is 9.47 Å². The van der Waals surface area contributed by atoms with E-state index in [1.807, 2.05) is 0 Å². The second kappa shape index (κ2) is 6.41. The summed E-state index contributed by atoms with van der Waals surface area (Å²) in [6.45, 7) is 4.36. The van der Waals surface area contributed by atoms with Crippen molar-refractivity contribution >= 4 is 0 Å². The van der Waals surface area contributed by atoms with Gasteiger partial charge in [-0.1, -0.05) is 26.7 Å². The molecule has 2 heteroatoms. The van der Waals surface area contributed by atoms with Crippen LogP contribution in [0.4, 0.5) is 0 Å². The minimum atomic E-state index is 0.938. The van der Waals surface area contributed by atoms with E-state index in [9.17, 15) is 0 Å². The average Bonchev–Trinajstić information content (AvgIpc) is 2.29. The lowest BCUT2D eigenvalue weighted by molar-refractivity contribution is 0.393. The van der Waals surface area contributed by atoms with Crippen LogP contribution in [0.2, 0.25) is 0 Å². The summed E-state index contributed by atoms with van der Waals surface area (Å²) in [7, 11) is 3.47. The van der Waals surface area contributed by atoms with Crippen LogP contribution in [0.15, 0.2) is 12.1 Å². The molecule has 0 atom stereocenters. The predicted octanol–water partition coefficient (Wildman–Crippen LogP) is 3.61. The molecule has 1 aromatic carbocycles. The van der Waals surface area contributed by atoms with Crippen molar-refractivity contribution in [3.05, 3.63) is 23.3 Å². The number of hydrogen-bond acceptors (Lipinski definition) is 2. The van der Waals surface area contributed by atoms with Crippen molar-refractivity contribution in [2.24, 2.45) is 0 Å². The molecule has 0 aliphatic rings. The molecule has 16 heavy (non-hydrogen) atoms. The zero-order valence-corrected chi connectivity index (χ0v) is 10.8. The predicted molar refractivity (Wildman–Crippen MR) is 67.5 cm³/mol. The first-order chi connectivity index (χ1) is 7.76. The summed E-state index contributed by atoms with van der Waals surface area (Å²) in [6.07, 6.45) is 4.32. The molecule has 0 radical (unpaired) electrons. The number of hydrogen-bond donors (Lipinski definition) is 0. The van der Waals surface area contributed by atoms with Crippen LogP contribution in [0.3, 0.4) is 0 Å². The van der Waals surface area contributed by atoms with Crippen LogP contribution in [-0.2, 0) is 12.8 Å². The molecule has 0 bridgehead atoms. The molecule has 0 fully saturated rings. The van der Waals surface area contributed by atoms with E-state index in [-0.39, 0.29) is 0 Å². The average molecular weight is 222 g/mol. The van der Waals surface area contributed by atoms with Gasteiger partial charge in [0.1, 0.15) is 11.5 Å². The summed E-state index contributed by atoms with van der Waals surface area (Å²) in [6, 6.07) is 4.17. The van der Waals surface area contributed by atoms with E-state index in [1.54, 1.807) is 14.2 Å². The molecule has 0 amide bonds. The van der Waals surface area contributed by atoms with Gasteiger partial charge in [-0.05, 0) is 36.1 Å². The molecule has 0 spiro atoms. The van der Waals surface area contributed by atoms with E-state index in [1.165, 1.54) is 11.1 Å². The van der Waals surface area contributed by atoms with Crippen LogP contribution in [0, 0.1) is 0 Å². The SMILES string of the molecule is CCCc1cc(OC)cc(CCC)c1OC. The molecule has 0 aromatic heterocycles. The Morgan fingerprint density at radius 2 is 1.38 bits per heavy atom. The van der Waals surface area contributed by atoms with Crippen molar-refractivity contribution in [2.45, 2.75) is 39.5 Å². The first-order valence-electron chi connectivity index (χ1n) is 6.00. The van der Waals surface area contributed by atoms with Gasteiger partial charge in [0.05, 0.1) is 14.2 Å². The van der Waals surface area contributed by atoms with Gasteiger partial charge in [-0.25, -0.2) is 0 Å². The normalized spacial score (nSPS) is 10.2. The zero-order valence-electron chi connectivity index (χ0n) is 10.8. The Balaban J connectivity index is 3.16. The molecular weight excluding hydrogens is 200 g/mol. The number of benzene rings is 1. The van der Waals surface area contributed by atoms with Crippen LogP contribution in [0.5, 0.6) is 11.5 Å². The van der Waals surface area contributed by atoms with Gasteiger partial charge in [-0.2, -0.15) is 0 Å². The Morgan fingerprint density at radius 3 is 1.69 bits per heavy atom. The molecule has 0 unspecified atom stereocenters. The lowest BCUT2D eigenvalue weighted by Crippen LogP contribution is -1.99. The van der Waals surface area contributed by atoms with Gasteiger partial charge in [-0.15, -0.1) is 0 Å². The highest BCUT2D eigenvalue weighted by atomic mass is 16.5. The van der Waals surface area contributed by atoms with E-state index >= 15 is 0 Å². The quantitative estimate of drug-likeness (QED) is 0.732. The maximum absolute atomic E-state index is 5.53. The third-order valence-corrected chi connectivity index (χ3v) is 2.69. The van der Waals surface area contributed by atoms with Gasteiger partial charge in [-0.3, -0.25) is 0 Å². The Bertz CT molecular complexity index is 305. The third kappa shape index (κ3) is 2.91. The Labute approximate surface area is 98.6 Å². The van der Waals surface area contributed by atoms with Crippen LogP contribution in [-0.4, -0.2) is 14.2 Å². The van der Waals surface area contributed by atoms with Gasteiger partial charge in [0.15, 0.2) is 0 Å². The molecule has 90 valence electrons. The minimum Gasteiger partial charge on any atom is -0.497 e. The minimum absolute atomic E-state index is 0.938. The first kappa shape index (κ1) is 12.9. The van der Waals surface area contributed by atoms with Crippen LogP contribution < -0.4 is 9.47 Å². The van der Waals surface area contributed by atoms with Gasteiger partial charge in [0.2, 0.25) is 0 Å². The summed E-state index contributed by atoms with van der Waals surface area (Å²) >= 11 is 0. The van der Waals surface area contributed by atoms with Crippen molar-refractivity contribution in [3.8, 4) is 11.5 Å². The maximum Gasteiger partial charge on any atom is 0.125 e. The van der Waals surface area contributed by atoms with Gasteiger partial charge >= 0.3 is 0 Å². The standard InChI is InChI=1S/C14H22O2/c1-5-7-11-9-13(15-3)10-12(8-6-2)14(11)16-4/h9-10H,5-8H2,1-4H3. The van der Waals surface area contributed by atoms with Crippen molar-refractivity contribution in [3.63, 3.8) is 0 Å². The van der Waals surface area contributed by atoms with E-state index in [0.717, 1.165) is 37.2 Å². The van der Waals surface area contributed by atoms with Crippen molar-refractivity contribution in [1.29, 1.82) is 0 Å². The van der Waals surface area contributed by atoms with E-state index in [0.29, 0.717) is 0 Å². The summed E-state index contributed by atoms with van der Waals surface area (Å²) in [5, 5.41) is 0. The highest BCUT2D eigenvalue weighted by Gasteiger charge is 2.10. The fourth-order valence-corrected chi connectivity index (χ4v) is 2.01. The number of rotatable bonds is 6. The molecule has 0 saturated carbocycles.